The number of piperidine rings is 1. The molecule has 0 radical (unpaired) electrons. The van der Waals surface area contributed by atoms with Crippen LogP contribution >= 0.6 is 0 Å². The molecule has 2 N–H and O–H groups in total. The third kappa shape index (κ3) is 3.32. The van der Waals surface area contributed by atoms with Crippen molar-refractivity contribution in [2.75, 3.05) is 11.4 Å². The third-order valence-electron chi connectivity index (χ3n) is 4.73. The van der Waals surface area contributed by atoms with Crippen molar-refractivity contribution < 1.29 is 4.39 Å². The standard InChI is InChI=1S/C17H27FN2/c1-4-16(19)11-14-10-15(18)7-8-17(14)20-9-5-6-12(2)13(20)3/h7-8,10,12-13,16H,4-6,9,11,19H2,1-3H3. The second-order valence-electron chi connectivity index (χ2n) is 6.20. The first-order valence-corrected chi connectivity index (χ1v) is 7.83. The van der Waals surface area contributed by atoms with E-state index in [0.29, 0.717) is 12.0 Å². The normalized spacial score (nSPS) is 24.8. The predicted octanol–water partition coefficient (Wildman–Crippen LogP) is 3.73. The zero-order valence-corrected chi connectivity index (χ0v) is 12.9. The molecule has 1 aliphatic rings. The highest BCUT2D eigenvalue weighted by Crippen LogP contribution is 2.31. The van der Waals surface area contributed by atoms with Crippen LogP contribution in [0.2, 0.25) is 0 Å². The molecular formula is C17H27FN2. The highest BCUT2D eigenvalue weighted by Gasteiger charge is 2.26. The molecule has 1 aromatic rings. The summed E-state index contributed by atoms with van der Waals surface area (Å²) in [4.78, 5) is 2.44. The van der Waals surface area contributed by atoms with Crippen LogP contribution in [0.5, 0.6) is 0 Å². The monoisotopic (exact) mass is 278 g/mol. The Morgan fingerprint density at radius 3 is 2.85 bits per heavy atom. The first-order chi connectivity index (χ1) is 9.52. The largest absolute Gasteiger partial charge is 0.368 e. The fourth-order valence-corrected chi connectivity index (χ4v) is 3.10. The molecule has 0 saturated carbocycles. The highest BCUT2D eigenvalue weighted by atomic mass is 19.1. The smallest absolute Gasteiger partial charge is 0.123 e. The van der Waals surface area contributed by atoms with E-state index in [2.05, 4.69) is 25.7 Å². The van der Waals surface area contributed by atoms with Gasteiger partial charge in [-0.3, -0.25) is 0 Å². The number of halogens is 1. The van der Waals surface area contributed by atoms with Gasteiger partial charge in [-0.05, 0) is 62.3 Å². The Bertz CT molecular complexity index is 447. The van der Waals surface area contributed by atoms with Crippen LogP contribution in [-0.2, 0) is 6.42 Å². The minimum atomic E-state index is -0.162. The van der Waals surface area contributed by atoms with Crippen molar-refractivity contribution in [1.29, 1.82) is 0 Å². The van der Waals surface area contributed by atoms with Gasteiger partial charge in [-0.1, -0.05) is 13.8 Å². The lowest BCUT2D eigenvalue weighted by molar-refractivity contribution is 0.363. The maximum absolute atomic E-state index is 13.6. The molecule has 3 heteroatoms. The van der Waals surface area contributed by atoms with Gasteiger partial charge in [0.1, 0.15) is 5.82 Å². The van der Waals surface area contributed by atoms with E-state index in [4.69, 9.17) is 5.73 Å². The van der Waals surface area contributed by atoms with Gasteiger partial charge in [-0.15, -0.1) is 0 Å². The molecule has 0 spiro atoms. The lowest BCUT2D eigenvalue weighted by Gasteiger charge is -2.40. The SMILES string of the molecule is CCC(N)Cc1cc(F)ccc1N1CCCC(C)C1C. The van der Waals surface area contributed by atoms with Crippen LogP contribution in [0.1, 0.15) is 45.6 Å². The summed E-state index contributed by atoms with van der Waals surface area (Å²) in [5.74, 6) is 0.520. The minimum Gasteiger partial charge on any atom is -0.368 e. The fraction of sp³-hybridized carbons (Fsp3) is 0.647. The average molecular weight is 278 g/mol. The predicted molar refractivity (Wildman–Crippen MR) is 83.6 cm³/mol. The zero-order valence-electron chi connectivity index (χ0n) is 12.9. The first kappa shape index (κ1) is 15.3. The minimum absolute atomic E-state index is 0.105. The summed E-state index contributed by atoms with van der Waals surface area (Å²) < 4.78 is 13.6. The van der Waals surface area contributed by atoms with Crippen molar-refractivity contribution in [2.24, 2.45) is 11.7 Å². The number of hydrogen-bond acceptors (Lipinski definition) is 2. The Kier molecular flexibility index (Phi) is 5.03. The average Bonchev–Trinajstić information content (AvgIpc) is 2.42. The van der Waals surface area contributed by atoms with Crippen molar-refractivity contribution in [2.45, 2.75) is 58.5 Å². The van der Waals surface area contributed by atoms with Crippen molar-refractivity contribution >= 4 is 5.69 Å². The highest BCUT2D eigenvalue weighted by molar-refractivity contribution is 5.55. The van der Waals surface area contributed by atoms with Crippen LogP contribution in [0.25, 0.3) is 0 Å². The molecule has 1 saturated heterocycles. The van der Waals surface area contributed by atoms with Crippen LogP contribution in [0, 0.1) is 11.7 Å². The molecule has 1 aromatic carbocycles. The second kappa shape index (κ2) is 6.57. The van der Waals surface area contributed by atoms with Crippen LogP contribution in [0.4, 0.5) is 10.1 Å². The summed E-state index contributed by atoms with van der Waals surface area (Å²) in [6.07, 6.45) is 4.16. The quantitative estimate of drug-likeness (QED) is 0.909. The Morgan fingerprint density at radius 2 is 2.15 bits per heavy atom. The second-order valence-corrected chi connectivity index (χ2v) is 6.20. The molecule has 0 amide bonds. The molecule has 2 nitrogen and oxygen atoms in total. The van der Waals surface area contributed by atoms with Crippen molar-refractivity contribution in [1.82, 2.24) is 0 Å². The molecule has 0 aliphatic carbocycles. The van der Waals surface area contributed by atoms with Gasteiger partial charge >= 0.3 is 0 Å². The van der Waals surface area contributed by atoms with E-state index in [1.807, 2.05) is 6.07 Å². The van der Waals surface area contributed by atoms with Gasteiger partial charge in [0, 0.05) is 24.3 Å². The Balaban J connectivity index is 2.30. The van der Waals surface area contributed by atoms with Gasteiger partial charge in [0.25, 0.3) is 0 Å². The summed E-state index contributed by atoms with van der Waals surface area (Å²) in [6.45, 7) is 7.72. The molecule has 112 valence electrons. The number of benzene rings is 1. The van der Waals surface area contributed by atoms with Crippen LogP contribution < -0.4 is 10.6 Å². The van der Waals surface area contributed by atoms with Gasteiger partial charge < -0.3 is 10.6 Å². The number of nitrogens with two attached hydrogens (primary N) is 1. The van der Waals surface area contributed by atoms with Crippen molar-refractivity contribution in [3.63, 3.8) is 0 Å². The number of rotatable bonds is 4. The lowest BCUT2D eigenvalue weighted by atomic mass is 9.90. The van der Waals surface area contributed by atoms with E-state index in [-0.39, 0.29) is 11.9 Å². The van der Waals surface area contributed by atoms with Crippen molar-refractivity contribution in [3.05, 3.63) is 29.6 Å². The van der Waals surface area contributed by atoms with E-state index in [1.54, 1.807) is 12.1 Å². The molecule has 0 aromatic heterocycles. The molecule has 1 aliphatic heterocycles. The topological polar surface area (TPSA) is 29.3 Å². The summed E-state index contributed by atoms with van der Waals surface area (Å²) in [5, 5.41) is 0. The Labute approximate surface area is 122 Å². The van der Waals surface area contributed by atoms with Gasteiger partial charge in [0.2, 0.25) is 0 Å². The number of anilines is 1. The summed E-state index contributed by atoms with van der Waals surface area (Å²) in [6, 6.07) is 5.78. The summed E-state index contributed by atoms with van der Waals surface area (Å²) >= 11 is 0. The summed E-state index contributed by atoms with van der Waals surface area (Å²) in [5.41, 5.74) is 8.31. The van der Waals surface area contributed by atoms with E-state index in [1.165, 1.54) is 18.5 Å². The Hall–Kier alpha value is -1.09. The Morgan fingerprint density at radius 1 is 1.40 bits per heavy atom. The lowest BCUT2D eigenvalue weighted by Crippen LogP contribution is -2.43. The molecular weight excluding hydrogens is 251 g/mol. The van der Waals surface area contributed by atoms with Crippen LogP contribution in [0.15, 0.2) is 18.2 Å². The van der Waals surface area contributed by atoms with E-state index in [0.717, 1.165) is 24.9 Å². The third-order valence-corrected chi connectivity index (χ3v) is 4.73. The molecule has 20 heavy (non-hydrogen) atoms. The number of nitrogens with zero attached hydrogens (tertiary/aromatic N) is 1. The van der Waals surface area contributed by atoms with Gasteiger partial charge in [-0.2, -0.15) is 0 Å². The zero-order chi connectivity index (χ0) is 14.7. The molecule has 0 bridgehead atoms. The molecule has 1 heterocycles. The maximum Gasteiger partial charge on any atom is 0.123 e. The molecule has 1 fully saturated rings. The number of hydrogen-bond donors (Lipinski definition) is 1. The van der Waals surface area contributed by atoms with E-state index in [9.17, 15) is 4.39 Å². The van der Waals surface area contributed by atoms with Crippen molar-refractivity contribution in [3.8, 4) is 0 Å². The van der Waals surface area contributed by atoms with Gasteiger partial charge in [-0.25, -0.2) is 4.39 Å². The van der Waals surface area contributed by atoms with Gasteiger partial charge in [0.15, 0.2) is 0 Å². The van der Waals surface area contributed by atoms with Crippen LogP contribution in [0.3, 0.4) is 0 Å². The maximum atomic E-state index is 13.6. The summed E-state index contributed by atoms with van der Waals surface area (Å²) in [7, 11) is 0. The van der Waals surface area contributed by atoms with E-state index < -0.39 is 0 Å². The molecule has 3 atom stereocenters. The van der Waals surface area contributed by atoms with Gasteiger partial charge in [0.05, 0.1) is 0 Å². The van der Waals surface area contributed by atoms with E-state index >= 15 is 0 Å². The first-order valence-electron chi connectivity index (χ1n) is 7.83. The van der Waals surface area contributed by atoms with Crippen LogP contribution in [-0.4, -0.2) is 18.6 Å². The molecule has 3 unspecified atom stereocenters. The molecule has 2 rings (SSSR count). The fourth-order valence-electron chi connectivity index (χ4n) is 3.10.